The maximum atomic E-state index is 14.8. The van der Waals surface area contributed by atoms with Gasteiger partial charge in [0.15, 0.2) is 17.5 Å². The zero-order valence-electron chi connectivity index (χ0n) is 15.7. The minimum absolute atomic E-state index is 0.0383. The predicted octanol–water partition coefficient (Wildman–Crippen LogP) is 4.85. The largest absolute Gasteiger partial charge is 0.365 e. The predicted molar refractivity (Wildman–Crippen MR) is 105 cm³/mol. The summed E-state index contributed by atoms with van der Waals surface area (Å²) >= 11 is 3.40. The molecule has 0 spiro atoms. The SMILES string of the molecule is CC(C)(C)Nc1ncc(Br)cc1-c1nnnn1-c1ccc(C2CC2)c(F)c1F. The molecule has 0 atom stereocenters. The van der Waals surface area contributed by atoms with E-state index < -0.39 is 11.6 Å². The van der Waals surface area contributed by atoms with Crippen LogP contribution in [-0.2, 0) is 0 Å². The molecule has 0 amide bonds. The Morgan fingerprint density at radius 3 is 2.61 bits per heavy atom. The number of benzene rings is 1. The van der Waals surface area contributed by atoms with Gasteiger partial charge in [-0.2, -0.15) is 4.68 Å². The van der Waals surface area contributed by atoms with E-state index in [0.717, 1.165) is 12.8 Å². The van der Waals surface area contributed by atoms with Gasteiger partial charge in [0, 0.05) is 16.2 Å². The van der Waals surface area contributed by atoms with Gasteiger partial charge in [-0.1, -0.05) is 6.07 Å². The highest BCUT2D eigenvalue weighted by Crippen LogP contribution is 2.42. The van der Waals surface area contributed by atoms with Crippen molar-refractivity contribution in [3.05, 3.63) is 46.1 Å². The summed E-state index contributed by atoms with van der Waals surface area (Å²) in [4.78, 5) is 4.41. The molecule has 1 N–H and O–H groups in total. The average Bonchev–Trinajstić information content (AvgIpc) is 3.34. The average molecular weight is 449 g/mol. The van der Waals surface area contributed by atoms with Gasteiger partial charge in [0.1, 0.15) is 11.5 Å². The maximum Gasteiger partial charge on any atom is 0.190 e. The molecule has 0 aliphatic heterocycles. The van der Waals surface area contributed by atoms with Crippen LogP contribution in [0.4, 0.5) is 14.6 Å². The Morgan fingerprint density at radius 2 is 1.93 bits per heavy atom. The topological polar surface area (TPSA) is 68.5 Å². The number of rotatable bonds is 4. The van der Waals surface area contributed by atoms with E-state index >= 15 is 0 Å². The highest BCUT2D eigenvalue weighted by molar-refractivity contribution is 9.10. The molecule has 1 saturated carbocycles. The zero-order valence-corrected chi connectivity index (χ0v) is 17.3. The van der Waals surface area contributed by atoms with Crippen molar-refractivity contribution in [2.45, 2.75) is 45.1 Å². The summed E-state index contributed by atoms with van der Waals surface area (Å²) in [5.41, 5.74) is 0.677. The molecule has 0 unspecified atom stereocenters. The molecule has 0 saturated heterocycles. The van der Waals surface area contributed by atoms with Crippen LogP contribution in [-0.4, -0.2) is 30.7 Å². The minimum atomic E-state index is -0.953. The molecule has 2 aromatic heterocycles. The maximum absolute atomic E-state index is 14.8. The molecule has 1 aliphatic carbocycles. The van der Waals surface area contributed by atoms with E-state index in [4.69, 9.17) is 0 Å². The van der Waals surface area contributed by atoms with Gasteiger partial charge < -0.3 is 5.32 Å². The van der Waals surface area contributed by atoms with Crippen LogP contribution < -0.4 is 5.32 Å². The Hall–Kier alpha value is -2.42. The lowest BCUT2D eigenvalue weighted by Crippen LogP contribution is -2.27. The molecule has 1 fully saturated rings. The second kappa shape index (κ2) is 6.88. The minimum Gasteiger partial charge on any atom is -0.365 e. The van der Waals surface area contributed by atoms with Crippen LogP contribution >= 0.6 is 15.9 Å². The third kappa shape index (κ3) is 3.63. The lowest BCUT2D eigenvalue weighted by Gasteiger charge is -2.23. The summed E-state index contributed by atoms with van der Waals surface area (Å²) in [5, 5.41) is 14.9. The van der Waals surface area contributed by atoms with Gasteiger partial charge in [-0.15, -0.1) is 5.10 Å². The molecule has 1 aliphatic rings. The number of hydrogen-bond acceptors (Lipinski definition) is 5. The van der Waals surface area contributed by atoms with E-state index in [-0.39, 0.29) is 23.0 Å². The molecule has 4 rings (SSSR count). The molecule has 6 nitrogen and oxygen atoms in total. The van der Waals surface area contributed by atoms with Gasteiger partial charge in [0.25, 0.3) is 0 Å². The number of tetrazole rings is 1. The molecule has 146 valence electrons. The standard InChI is InChI=1S/C19H19BrF2N6/c1-19(2,3)24-17-13(8-11(20)9-23-17)18-25-26-27-28(18)14-7-6-12(10-4-5-10)15(21)16(14)22/h6-10H,4-5H2,1-3H3,(H,23,24). The van der Waals surface area contributed by atoms with Gasteiger partial charge in [-0.3, -0.25) is 0 Å². The fourth-order valence-electron chi connectivity index (χ4n) is 3.01. The second-order valence-corrected chi connectivity index (χ2v) is 8.83. The summed E-state index contributed by atoms with van der Waals surface area (Å²) in [6.07, 6.45) is 3.42. The Morgan fingerprint density at radius 1 is 1.18 bits per heavy atom. The van der Waals surface area contributed by atoms with Crippen molar-refractivity contribution in [2.75, 3.05) is 5.32 Å². The number of anilines is 1. The highest BCUT2D eigenvalue weighted by Gasteiger charge is 2.30. The summed E-state index contributed by atoms with van der Waals surface area (Å²) in [5.74, 6) is -0.873. The van der Waals surface area contributed by atoms with Crippen LogP contribution in [0.15, 0.2) is 28.9 Å². The first kappa shape index (κ1) is 18.9. The number of aromatic nitrogens is 5. The quantitative estimate of drug-likeness (QED) is 0.617. The second-order valence-electron chi connectivity index (χ2n) is 7.92. The summed E-state index contributed by atoms with van der Waals surface area (Å²) in [7, 11) is 0. The molecule has 28 heavy (non-hydrogen) atoms. The Bertz CT molecular complexity index is 1040. The van der Waals surface area contributed by atoms with Gasteiger partial charge in [-0.25, -0.2) is 13.8 Å². The first-order valence-electron chi connectivity index (χ1n) is 8.95. The third-order valence-corrected chi connectivity index (χ3v) is 4.83. The smallest absolute Gasteiger partial charge is 0.190 e. The number of nitrogens with zero attached hydrogens (tertiary/aromatic N) is 5. The molecule has 1 aromatic carbocycles. The van der Waals surface area contributed by atoms with Crippen molar-refractivity contribution >= 4 is 21.7 Å². The number of nitrogens with one attached hydrogen (secondary N) is 1. The number of halogens is 3. The van der Waals surface area contributed by atoms with Crippen molar-refractivity contribution < 1.29 is 8.78 Å². The molecule has 0 bridgehead atoms. The van der Waals surface area contributed by atoms with E-state index in [0.29, 0.717) is 21.4 Å². The first-order chi connectivity index (χ1) is 13.2. The van der Waals surface area contributed by atoms with Crippen molar-refractivity contribution in [1.29, 1.82) is 0 Å². The van der Waals surface area contributed by atoms with Gasteiger partial charge in [-0.05, 0) is 83.6 Å². The molecule has 9 heteroatoms. The van der Waals surface area contributed by atoms with Crippen LogP contribution in [0.1, 0.15) is 45.1 Å². The monoisotopic (exact) mass is 448 g/mol. The lowest BCUT2D eigenvalue weighted by molar-refractivity contribution is 0.492. The lowest BCUT2D eigenvalue weighted by atomic mass is 10.1. The van der Waals surface area contributed by atoms with Crippen molar-refractivity contribution in [2.24, 2.45) is 0 Å². The molecule has 0 radical (unpaired) electrons. The Labute approximate surface area is 169 Å². The summed E-state index contributed by atoms with van der Waals surface area (Å²) in [6, 6.07) is 4.93. The number of hydrogen-bond donors (Lipinski definition) is 1. The third-order valence-electron chi connectivity index (χ3n) is 4.40. The van der Waals surface area contributed by atoms with E-state index in [9.17, 15) is 8.78 Å². The van der Waals surface area contributed by atoms with Gasteiger partial charge in [0.2, 0.25) is 0 Å². The van der Waals surface area contributed by atoms with Crippen molar-refractivity contribution in [3.8, 4) is 17.1 Å². The van der Waals surface area contributed by atoms with Crippen LogP contribution in [0.3, 0.4) is 0 Å². The van der Waals surface area contributed by atoms with Crippen molar-refractivity contribution in [1.82, 2.24) is 25.2 Å². The van der Waals surface area contributed by atoms with Crippen LogP contribution in [0.5, 0.6) is 0 Å². The van der Waals surface area contributed by atoms with Crippen LogP contribution in [0.25, 0.3) is 17.1 Å². The van der Waals surface area contributed by atoms with E-state index in [1.165, 1.54) is 10.7 Å². The zero-order chi connectivity index (χ0) is 20.1. The van der Waals surface area contributed by atoms with E-state index in [2.05, 4.69) is 41.8 Å². The molecular formula is C19H19BrF2N6. The highest BCUT2D eigenvalue weighted by atomic mass is 79.9. The van der Waals surface area contributed by atoms with Crippen molar-refractivity contribution in [3.63, 3.8) is 0 Å². The van der Waals surface area contributed by atoms with Crippen LogP contribution in [0, 0.1) is 11.6 Å². The summed E-state index contributed by atoms with van der Waals surface area (Å²) < 4.78 is 31.3. The Kier molecular flexibility index (Phi) is 4.65. The van der Waals surface area contributed by atoms with Gasteiger partial charge in [0.05, 0.1) is 5.56 Å². The number of pyridine rings is 1. The fourth-order valence-corrected chi connectivity index (χ4v) is 3.34. The molecular weight excluding hydrogens is 430 g/mol. The molecule has 2 heterocycles. The van der Waals surface area contributed by atoms with E-state index in [1.807, 2.05) is 20.8 Å². The fraction of sp³-hybridized carbons (Fsp3) is 0.368. The normalized spacial score (nSPS) is 14.4. The van der Waals surface area contributed by atoms with Crippen LogP contribution in [0.2, 0.25) is 0 Å². The van der Waals surface area contributed by atoms with Gasteiger partial charge >= 0.3 is 0 Å². The first-order valence-corrected chi connectivity index (χ1v) is 9.74. The molecule has 3 aromatic rings. The van der Waals surface area contributed by atoms with E-state index in [1.54, 1.807) is 18.3 Å². The summed E-state index contributed by atoms with van der Waals surface area (Å²) in [6.45, 7) is 5.99. The Balaban J connectivity index is 1.83.